The van der Waals surface area contributed by atoms with E-state index in [1.807, 2.05) is 0 Å². The van der Waals surface area contributed by atoms with Crippen LogP contribution in [0.4, 0.5) is 0 Å². The SMILES string of the molecule is C=CC(=O)OCCOC(=C)C(=O)OCCOC(=O)C=C. The van der Waals surface area contributed by atoms with Crippen LogP contribution in [0, 0.1) is 0 Å². The van der Waals surface area contributed by atoms with Gasteiger partial charge in [0.05, 0.1) is 0 Å². The average Bonchev–Trinajstić information content (AvgIpc) is 2.46. The molecule has 0 amide bonds. The van der Waals surface area contributed by atoms with Gasteiger partial charge >= 0.3 is 17.9 Å². The third-order valence-corrected chi connectivity index (χ3v) is 1.73. The van der Waals surface area contributed by atoms with Crippen molar-refractivity contribution < 1.29 is 33.3 Å². The van der Waals surface area contributed by atoms with E-state index in [0.29, 0.717) is 0 Å². The van der Waals surface area contributed by atoms with Crippen molar-refractivity contribution >= 4 is 17.9 Å². The molecular weight excluding hydrogens is 268 g/mol. The third-order valence-electron chi connectivity index (χ3n) is 1.73. The molecule has 0 aliphatic carbocycles. The highest BCUT2D eigenvalue weighted by atomic mass is 16.6. The second kappa shape index (κ2) is 10.4. The maximum Gasteiger partial charge on any atom is 0.373 e. The first-order valence-electron chi connectivity index (χ1n) is 5.58. The van der Waals surface area contributed by atoms with Crippen molar-refractivity contribution in [2.24, 2.45) is 0 Å². The monoisotopic (exact) mass is 284 g/mol. The summed E-state index contributed by atoms with van der Waals surface area (Å²) in [6.07, 6.45) is 2.00. The summed E-state index contributed by atoms with van der Waals surface area (Å²) >= 11 is 0. The van der Waals surface area contributed by atoms with Crippen LogP contribution < -0.4 is 0 Å². The van der Waals surface area contributed by atoms with Gasteiger partial charge in [-0.2, -0.15) is 0 Å². The summed E-state index contributed by atoms with van der Waals surface area (Å²) in [5.74, 6) is -2.24. The van der Waals surface area contributed by atoms with Gasteiger partial charge in [0.25, 0.3) is 0 Å². The highest BCUT2D eigenvalue weighted by Gasteiger charge is 2.10. The Bertz CT molecular complexity index is 360. The quantitative estimate of drug-likeness (QED) is 0.190. The number of carbonyl (C=O) groups is 3. The lowest BCUT2D eigenvalue weighted by Crippen LogP contribution is -2.16. The molecule has 0 N–H and O–H groups in total. The summed E-state index contributed by atoms with van der Waals surface area (Å²) in [6, 6.07) is 0. The summed E-state index contributed by atoms with van der Waals surface area (Å²) in [5.41, 5.74) is 0. The second-order valence-electron chi connectivity index (χ2n) is 3.15. The fourth-order valence-electron chi connectivity index (χ4n) is 0.841. The van der Waals surface area contributed by atoms with Crippen LogP contribution in [0.15, 0.2) is 37.6 Å². The van der Waals surface area contributed by atoms with E-state index in [-0.39, 0.29) is 32.2 Å². The van der Waals surface area contributed by atoms with Gasteiger partial charge in [-0.15, -0.1) is 0 Å². The highest BCUT2D eigenvalue weighted by molar-refractivity contribution is 5.85. The van der Waals surface area contributed by atoms with E-state index in [1.165, 1.54) is 0 Å². The first-order valence-corrected chi connectivity index (χ1v) is 5.58. The number of esters is 3. The molecule has 0 bridgehead atoms. The molecule has 7 heteroatoms. The van der Waals surface area contributed by atoms with Gasteiger partial charge in [0.15, 0.2) is 5.76 Å². The highest BCUT2D eigenvalue weighted by Crippen LogP contribution is 1.97. The van der Waals surface area contributed by atoms with Gasteiger partial charge < -0.3 is 18.9 Å². The van der Waals surface area contributed by atoms with Crippen molar-refractivity contribution in [3.05, 3.63) is 37.6 Å². The maximum absolute atomic E-state index is 11.3. The maximum atomic E-state index is 11.3. The minimum atomic E-state index is -0.797. The molecule has 0 radical (unpaired) electrons. The predicted molar refractivity (Wildman–Crippen MR) is 68.4 cm³/mol. The summed E-state index contributed by atoms with van der Waals surface area (Å²) in [5, 5.41) is 0. The van der Waals surface area contributed by atoms with Crippen LogP contribution in [0.1, 0.15) is 0 Å². The molecule has 7 nitrogen and oxygen atoms in total. The molecule has 0 saturated carbocycles. The zero-order valence-corrected chi connectivity index (χ0v) is 11.0. The smallest absolute Gasteiger partial charge is 0.373 e. The van der Waals surface area contributed by atoms with Gasteiger partial charge in [0.1, 0.15) is 26.4 Å². The van der Waals surface area contributed by atoms with Crippen molar-refractivity contribution in [3.8, 4) is 0 Å². The van der Waals surface area contributed by atoms with Crippen LogP contribution >= 0.6 is 0 Å². The molecule has 0 heterocycles. The molecule has 0 aromatic carbocycles. The topological polar surface area (TPSA) is 88.1 Å². The summed E-state index contributed by atoms with van der Waals surface area (Å²) in [4.78, 5) is 32.7. The molecule has 0 aromatic rings. The molecule has 0 rings (SSSR count). The average molecular weight is 284 g/mol. The van der Waals surface area contributed by atoms with Crippen LogP contribution in [0.25, 0.3) is 0 Å². The zero-order chi connectivity index (χ0) is 15.4. The van der Waals surface area contributed by atoms with Crippen LogP contribution in [0.3, 0.4) is 0 Å². The van der Waals surface area contributed by atoms with Crippen molar-refractivity contribution in [3.63, 3.8) is 0 Å². The van der Waals surface area contributed by atoms with E-state index in [9.17, 15) is 14.4 Å². The third kappa shape index (κ3) is 8.51. The van der Waals surface area contributed by atoms with E-state index in [4.69, 9.17) is 9.47 Å². The number of ether oxygens (including phenoxy) is 4. The lowest BCUT2D eigenvalue weighted by molar-refractivity contribution is -0.149. The van der Waals surface area contributed by atoms with Crippen molar-refractivity contribution in [1.29, 1.82) is 0 Å². The second-order valence-corrected chi connectivity index (χ2v) is 3.15. The molecule has 0 aliphatic heterocycles. The molecule has 0 fully saturated rings. The Hall–Kier alpha value is -2.57. The molecule has 0 aromatic heterocycles. The minimum absolute atomic E-state index is 0.0427. The van der Waals surface area contributed by atoms with E-state index >= 15 is 0 Å². The molecule has 0 unspecified atom stereocenters. The van der Waals surface area contributed by atoms with E-state index in [2.05, 4.69) is 29.2 Å². The molecule has 0 saturated heterocycles. The lowest BCUT2D eigenvalue weighted by atomic mass is 10.5. The largest absolute Gasteiger partial charge is 0.483 e. The molecule has 0 atom stereocenters. The van der Waals surface area contributed by atoms with Crippen LogP contribution in [0.5, 0.6) is 0 Å². The Kier molecular flexibility index (Phi) is 9.03. The lowest BCUT2D eigenvalue weighted by Gasteiger charge is -2.09. The Labute approximate surface area is 116 Å². The van der Waals surface area contributed by atoms with Crippen molar-refractivity contribution in [2.45, 2.75) is 0 Å². The molecule has 0 aliphatic rings. The molecule has 0 spiro atoms. The minimum Gasteiger partial charge on any atom is -0.483 e. The predicted octanol–water partition coefficient (Wildman–Crippen LogP) is 0.518. The molecule has 20 heavy (non-hydrogen) atoms. The summed E-state index contributed by atoms with van der Waals surface area (Å²) < 4.78 is 18.8. The van der Waals surface area contributed by atoms with Gasteiger partial charge in [0.2, 0.25) is 0 Å². The Balaban J connectivity index is 3.68. The summed E-state index contributed by atoms with van der Waals surface area (Å²) in [7, 11) is 0. The van der Waals surface area contributed by atoms with E-state index < -0.39 is 17.9 Å². The van der Waals surface area contributed by atoms with Gasteiger partial charge in [-0.05, 0) is 6.58 Å². The Morgan fingerprint density at radius 2 is 1.15 bits per heavy atom. The summed E-state index contributed by atoms with van der Waals surface area (Å²) in [6.45, 7) is 9.44. The zero-order valence-electron chi connectivity index (χ0n) is 11.0. The van der Waals surface area contributed by atoms with Gasteiger partial charge in [-0.3, -0.25) is 0 Å². The molecule has 110 valence electrons. The standard InChI is InChI=1S/C13H16O7/c1-4-11(14)18-7-6-17-10(3)13(16)20-9-8-19-12(15)5-2/h4-5H,1-3,6-9H2. The molecular formula is C13H16O7. The van der Waals surface area contributed by atoms with E-state index in [0.717, 1.165) is 12.2 Å². The number of carbonyl (C=O) groups excluding carboxylic acids is 3. The number of hydrogen-bond donors (Lipinski definition) is 0. The van der Waals surface area contributed by atoms with Gasteiger partial charge in [-0.1, -0.05) is 13.2 Å². The van der Waals surface area contributed by atoms with Crippen molar-refractivity contribution in [1.82, 2.24) is 0 Å². The van der Waals surface area contributed by atoms with E-state index in [1.54, 1.807) is 0 Å². The van der Waals surface area contributed by atoms with Crippen molar-refractivity contribution in [2.75, 3.05) is 26.4 Å². The van der Waals surface area contributed by atoms with Crippen LogP contribution in [-0.2, 0) is 33.3 Å². The van der Waals surface area contributed by atoms with Gasteiger partial charge in [-0.25, -0.2) is 14.4 Å². The first kappa shape index (κ1) is 17.4. The number of rotatable bonds is 10. The fraction of sp³-hybridized carbons (Fsp3) is 0.308. The van der Waals surface area contributed by atoms with Crippen LogP contribution in [-0.4, -0.2) is 44.3 Å². The van der Waals surface area contributed by atoms with Gasteiger partial charge in [0, 0.05) is 12.2 Å². The fourth-order valence-corrected chi connectivity index (χ4v) is 0.841. The Morgan fingerprint density at radius 3 is 1.60 bits per heavy atom. The number of hydrogen-bond acceptors (Lipinski definition) is 7. The Morgan fingerprint density at radius 1 is 0.750 bits per heavy atom. The normalized spacial score (nSPS) is 9.00. The first-order chi connectivity index (χ1) is 9.51. The van der Waals surface area contributed by atoms with Crippen LogP contribution in [0.2, 0.25) is 0 Å².